The van der Waals surface area contributed by atoms with Crippen LogP contribution in [-0.2, 0) is 16.2 Å². The Bertz CT molecular complexity index is 9350. The van der Waals surface area contributed by atoms with Crippen LogP contribution in [0.4, 0.5) is 0 Å². The zero-order valence-electron chi connectivity index (χ0n) is 80.3. The van der Waals surface area contributed by atoms with Gasteiger partial charge in [0.2, 0.25) is 5.95 Å². The van der Waals surface area contributed by atoms with E-state index in [1.807, 2.05) is 66.7 Å². The molecule has 20 aromatic carbocycles. The molecule has 6 aromatic heterocycles. The third kappa shape index (κ3) is 14.1. The minimum atomic E-state index is -0.531. The summed E-state index contributed by atoms with van der Waals surface area (Å²) in [6.45, 7) is 4.66. The van der Waals surface area contributed by atoms with Gasteiger partial charge in [-0.3, -0.25) is 9.13 Å². The highest BCUT2D eigenvalue weighted by atomic mass is 15.2. The summed E-state index contributed by atoms with van der Waals surface area (Å²) in [5.41, 5.74) is 34.5. The SMILES string of the molecule is CC1(C)c2ccccc2-c2c1c1ccccc1n2-c1nc(-c2ccccc2)cc(-c2ccc3ccccc3c2)n1.c1ccc(-c2nc(-c3ccccc3)nc(-c3cccc(-n4c5c(c6ccccc64)C(c4ccccc4)(c4ccccc4)c4ccccc4-5)c3)n2)cc1.c1ccc(C2(c3ccccc3)c3ccccc3-c3c2c2ccccc2n3-c2cc(-c3ccc4ccccc4c3)cc(-c3ccc4ccccc4c3)n2)cc1. The quantitative estimate of drug-likeness (QED) is 0.108. The van der Waals surface area contributed by atoms with E-state index < -0.39 is 10.8 Å². The van der Waals surface area contributed by atoms with Gasteiger partial charge in [-0.15, -0.1) is 0 Å². The zero-order valence-corrected chi connectivity index (χ0v) is 80.3. The summed E-state index contributed by atoms with van der Waals surface area (Å²) in [5.74, 6) is 3.51. The maximum absolute atomic E-state index is 5.60. The van der Waals surface area contributed by atoms with Gasteiger partial charge in [-0.25, -0.2) is 29.9 Å². The van der Waals surface area contributed by atoms with Crippen LogP contribution in [-0.4, -0.2) is 43.6 Å². The first-order valence-corrected chi connectivity index (χ1v) is 50.0. The standard InChI is InChI=1S/C52H34N2.C48H32N4.C37H27N3/c1-3-19-42(20-4-1)52(43-21-5-2-6-22-43)46-25-13-11-23-44(46)51-50(52)45-24-12-14-26-48(45)54(51)49-34-41(39-29-27-35-15-7-9-17-37(35)31-39)33-47(53-49)40-30-28-36-16-8-10-18-38(36)32-40;1-5-18-33(19-6-1)45-49-46(34-20-7-2-8-21-34)51-47(50-45)35-22-17-27-38(32-35)52-42-31-16-14-29-40(42)43-44(52)39-28-13-15-30-41(39)48(43,36-23-9-3-10-24-36)37-25-11-4-12-26-37;1-37(2)30-18-10-8-16-28(30)35-34(37)29-17-9-11-19-33(29)40(35)36-38-31(25-13-4-3-5-14-25)23-32(39-36)27-21-20-24-12-6-7-15-26(24)22-27/h1-34H;1-32H;3-23H,1-2H3. The maximum atomic E-state index is 5.60. The molecule has 0 saturated carbocycles. The van der Waals surface area contributed by atoms with E-state index in [1.54, 1.807) is 0 Å². The maximum Gasteiger partial charge on any atom is 0.235 e. The van der Waals surface area contributed by atoms with Gasteiger partial charge in [0.15, 0.2) is 17.5 Å². The highest BCUT2D eigenvalue weighted by molar-refractivity contribution is 6.06. The van der Waals surface area contributed by atoms with Gasteiger partial charge < -0.3 is 4.57 Å². The van der Waals surface area contributed by atoms with Crippen molar-refractivity contribution in [2.24, 2.45) is 0 Å². The van der Waals surface area contributed by atoms with E-state index in [-0.39, 0.29) is 5.41 Å². The summed E-state index contributed by atoms with van der Waals surface area (Å²) in [6, 6.07) is 189. The number of hydrogen-bond acceptors (Lipinski definition) is 6. The lowest BCUT2D eigenvalue weighted by Crippen LogP contribution is -2.28. The fourth-order valence-corrected chi connectivity index (χ4v) is 23.7. The van der Waals surface area contributed by atoms with E-state index in [2.05, 4.69) is 489 Å². The van der Waals surface area contributed by atoms with Crippen molar-refractivity contribution in [1.82, 2.24) is 43.6 Å². The lowest BCUT2D eigenvalue weighted by molar-refractivity contribution is 0.666. The van der Waals surface area contributed by atoms with Crippen molar-refractivity contribution in [3.05, 3.63) is 583 Å². The molecule has 26 aromatic rings. The van der Waals surface area contributed by atoms with Crippen molar-refractivity contribution in [2.75, 3.05) is 0 Å². The van der Waals surface area contributed by atoms with E-state index >= 15 is 0 Å². The third-order valence-corrected chi connectivity index (χ3v) is 30.1. The fraction of sp³-hybridized carbons (Fsp3) is 0.0365. The Labute approximate surface area is 846 Å². The Morgan fingerprint density at radius 1 is 0.192 bits per heavy atom. The zero-order chi connectivity index (χ0) is 97.0. The lowest BCUT2D eigenvalue weighted by atomic mass is 9.67. The van der Waals surface area contributed by atoms with Crippen LogP contribution in [0.15, 0.2) is 528 Å². The van der Waals surface area contributed by atoms with E-state index in [0.717, 1.165) is 89.6 Å². The van der Waals surface area contributed by atoms with Gasteiger partial charge in [-0.2, -0.15) is 0 Å². The van der Waals surface area contributed by atoms with E-state index in [9.17, 15) is 0 Å². The molecule has 3 aliphatic rings. The highest BCUT2D eigenvalue weighted by Crippen LogP contribution is 2.63. The Hall–Kier alpha value is -19.0. The molecule has 0 radical (unpaired) electrons. The van der Waals surface area contributed by atoms with Crippen LogP contribution in [0.3, 0.4) is 0 Å². The Morgan fingerprint density at radius 3 is 0.993 bits per heavy atom. The molecule has 9 heteroatoms. The van der Waals surface area contributed by atoms with Crippen molar-refractivity contribution < 1.29 is 0 Å². The second-order valence-corrected chi connectivity index (χ2v) is 38.6. The molecule has 3 aliphatic carbocycles. The molecular formula is C137H93N9. The second-order valence-electron chi connectivity index (χ2n) is 38.6. The predicted molar refractivity (Wildman–Crippen MR) is 599 cm³/mol. The Balaban J connectivity index is 0.000000110. The van der Waals surface area contributed by atoms with Crippen LogP contribution in [0.5, 0.6) is 0 Å². The van der Waals surface area contributed by atoms with Crippen molar-refractivity contribution in [3.63, 3.8) is 0 Å². The molecule has 0 atom stereocenters. The van der Waals surface area contributed by atoms with Crippen molar-refractivity contribution in [3.8, 4) is 130 Å². The Kier molecular flexibility index (Phi) is 20.9. The first kappa shape index (κ1) is 86.2. The summed E-state index contributed by atoms with van der Waals surface area (Å²) >= 11 is 0. The molecule has 9 nitrogen and oxygen atoms in total. The minimum Gasteiger partial charge on any atom is -0.309 e. The van der Waals surface area contributed by atoms with E-state index in [1.165, 1.54) is 138 Å². The molecule has 146 heavy (non-hydrogen) atoms. The third-order valence-electron chi connectivity index (χ3n) is 30.1. The number of aromatic nitrogens is 9. The monoisotopic (exact) mass is 1860 g/mol. The number of rotatable bonds is 14. The molecule has 29 rings (SSSR count). The van der Waals surface area contributed by atoms with Gasteiger partial charge in [0.05, 0.1) is 61.5 Å². The smallest absolute Gasteiger partial charge is 0.235 e. The topological polar surface area (TPSA) is 92.1 Å². The largest absolute Gasteiger partial charge is 0.309 e. The van der Waals surface area contributed by atoms with Crippen LogP contribution < -0.4 is 0 Å². The number of hydrogen-bond donors (Lipinski definition) is 0. The molecule has 686 valence electrons. The summed E-state index contributed by atoms with van der Waals surface area (Å²) in [7, 11) is 0. The Morgan fingerprint density at radius 2 is 0.521 bits per heavy atom. The first-order chi connectivity index (χ1) is 72.2. The summed E-state index contributed by atoms with van der Waals surface area (Å²) < 4.78 is 7.17. The van der Waals surface area contributed by atoms with Crippen LogP contribution >= 0.6 is 0 Å². The molecule has 6 heterocycles. The van der Waals surface area contributed by atoms with E-state index in [4.69, 9.17) is 29.9 Å². The molecule has 0 amide bonds. The number of para-hydroxylation sites is 3. The molecule has 0 N–H and O–H groups in total. The minimum absolute atomic E-state index is 0.130. The van der Waals surface area contributed by atoms with Gasteiger partial charge in [0.25, 0.3) is 0 Å². The van der Waals surface area contributed by atoms with E-state index in [0.29, 0.717) is 23.4 Å². The number of nitrogens with zero attached hydrogens (tertiary/aromatic N) is 9. The molecule has 0 bridgehead atoms. The van der Waals surface area contributed by atoms with Crippen molar-refractivity contribution >= 4 is 65.0 Å². The fourth-order valence-electron chi connectivity index (χ4n) is 23.7. The average Bonchev–Trinajstić information content (AvgIpc) is 1.51. The summed E-state index contributed by atoms with van der Waals surface area (Å²) in [6.07, 6.45) is 0. The highest BCUT2D eigenvalue weighted by Gasteiger charge is 2.52. The van der Waals surface area contributed by atoms with Crippen LogP contribution in [0, 0.1) is 0 Å². The van der Waals surface area contributed by atoms with Crippen molar-refractivity contribution in [2.45, 2.75) is 30.1 Å². The molecular weight excluding hydrogens is 1770 g/mol. The summed E-state index contributed by atoms with van der Waals surface area (Å²) in [5, 5.41) is 11.0. The molecule has 0 unspecified atom stereocenters. The predicted octanol–water partition coefficient (Wildman–Crippen LogP) is 33.4. The van der Waals surface area contributed by atoms with Gasteiger partial charge in [-0.05, 0) is 155 Å². The van der Waals surface area contributed by atoms with Gasteiger partial charge in [0.1, 0.15) is 5.82 Å². The molecule has 0 saturated heterocycles. The van der Waals surface area contributed by atoms with Crippen molar-refractivity contribution in [1.29, 1.82) is 0 Å². The van der Waals surface area contributed by atoms with Gasteiger partial charge in [-0.1, -0.05) is 475 Å². The number of fused-ring (bicyclic) bond motifs is 18. The number of pyridine rings is 1. The summed E-state index contributed by atoms with van der Waals surface area (Å²) in [4.78, 5) is 31.2. The molecule has 0 spiro atoms. The molecule has 0 aliphatic heterocycles. The second kappa shape index (κ2) is 35.4. The van der Waals surface area contributed by atoms with Gasteiger partial charge in [0, 0.05) is 88.5 Å². The lowest BCUT2D eigenvalue weighted by Gasteiger charge is -2.33. The van der Waals surface area contributed by atoms with Gasteiger partial charge >= 0.3 is 0 Å². The van der Waals surface area contributed by atoms with Crippen LogP contribution in [0.1, 0.15) is 69.5 Å². The van der Waals surface area contributed by atoms with Crippen LogP contribution in [0.25, 0.3) is 195 Å². The van der Waals surface area contributed by atoms with Crippen LogP contribution in [0.2, 0.25) is 0 Å². The average molecular weight is 1870 g/mol. The molecule has 0 fully saturated rings. The number of benzene rings is 20. The first-order valence-electron chi connectivity index (χ1n) is 50.0. The normalized spacial score (nSPS) is 13.0.